The molecule has 0 heterocycles. The number of anilines is 1. The number of benzene rings is 2. The van der Waals surface area contributed by atoms with E-state index in [-0.39, 0.29) is 0 Å². The Morgan fingerprint density at radius 1 is 0.833 bits per heavy atom. The number of para-hydroxylation sites is 1. The molecular weight excluding hydrogens is 222 g/mol. The van der Waals surface area contributed by atoms with E-state index < -0.39 is 0 Å². The maximum Gasteiger partial charge on any atom is 0.127 e. The molecule has 1 fully saturated rings. The van der Waals surface area contributed by atoms with E-state index in [1.54, 1.807) is 0 Å². The molecule has 2 nitrogen and oxygen atoms in total. The lowest BCUT2D eigenvalue weighted by atomic mass is 9.93. The minimum atomic E-state index is 0.672. The summed E-state index contributed by atoms with van der Waals surface area (Å²) >= 11 is 0. The molecule has 0 aromatic heterocycles. The Morgan fingerprint density at radius 3 is 2.11 bits per heavy atom. The molecule has 3 rings (SSSR count). The highest BCUT2D eigenvalue weighted by Gasteiger charge is 2.16. The van der Waals surface area contributed by atoms with E-state index >= 15 is 0 Å². The molecule has 0 spiro atoms. The third kappa shape index (κ3) is 2.65. The second-order valence-electron chi connectivity index (χ2n) is 4.71. The van der Waals surface area contributed by atoms with E-state index in [1.807, 2.05) is 42.5 Å². The molecular formula is C16H17NO. The van der Waals surface area contributed by atoms with Gasteiger partial charge in [0.15, 0.2) is 0 Å². The molecule has 0 unspecified atom stereocenters. The van der Waals surface area contributed by atoms with Gasteiger partial charge >= 0.3 is 0 Å². The zero-order valence-electron chi connectivity index (χ0n) is 10.3. The first kappa shape index (κ1) is 11.1. The second-order valence-corrected chi connectivity index (χ2v) is 4.71. The molecule has 0 saturated heterocycles. The molecule has 2 heteroatoms. The van der Waals surface area contributed by atoms with Crippen LogP contribution in [0, 0.1) is 0 Å². The molecule has 18 heavy (non-hydrogen) atoms. The molecule has 0 atom stereocenters. The SMILES string of the molecule is c1ccc(Oc2ccc(NC3CCC3)cc2)cc1. The van der Waals surface area contributed by atoms with Gasteiger partial charge in [-0.2, -0.15) is 0 Å². The summed E-state index contributed by atoms with van der Waals surface area (Å²) in [4.78, 5) is 0. The maximum absolute atomic E-state index is 5.75. The topological polar surface area (TPSA) is 21.3 Å². The fourth-order valence-electron chi connectivity index (χ4n) is 2.03. The fourth-order valence-corrected chi connectivity index (χ4v) is 2.03. The van der Waals surface area contributed by atoms with E-state index in [2.05, 4.69) is 17.4 Å². The molecule has 1 N–H and O–H groups in total. The van der Waals surface area contributed by atoms with Crippen molar-refractivity contribution in [3.8, 4) is 11.5 Å². The van der Waals surface area contributed by atoms with Gasteiger partial charge in [0.2, 0.25) is 0 Å². The van der Waals surface area contributed by atoms with Crippen LogP contribution in [0.15, 0.2) is 54.6 Å². The van der Waals surface area contributed by atoms with Crippen molar-refractivity contribution in [3.05, 3.63) is 54.6 Å². The normalized spacial score (nSPS) is 14.9. The molecule has 0 aliphatic heterocycles. The Balaban J connectivity index is 1.63. The highest BCUT2D eigenvalue weighted by Crippen LogP contribution is 2.26. The van der Waals surface area contributed by atoms with Crippen molar-refractivity contribution in [1.29, 1.82) is 0 Å². The van der Waals surface area contributed by atoms with Gasteiger partial charge in [-0.1, -0.05) is 18.2 Å². The van der Waals surface area contributed by atoms with Gasteiger partial charge in [0.25, 0.3) is 0 Å². The predicted octanol–water partition coefficient (Wildman–Crippen LogP) is 4.44. The van der Waals surface area contributed by atoms with E-state index in [9.17, 15) is 0 Å². The standard InChI is InChI=1S/C16H17NO/c1-2-7-15(8-3-1)18-16-11-9-14(10-12-16)17-13-5-4-6-13/h1-3,7-13,17H,4-6H2. The summed E-state index contributed by atoms with van der Waals surface area (Å²) in [6.45, 7) is 0. The first-order chi connectivity index (χ1) is 8.90. The van der Waals surface area contributed by atoms with E-state index in [1.165, 1.54) is 24.9 Å². The minimum absolute atomic E-state index is 0.672. The van der Waals surface area contributed by atoms with Crippen molar-refractivity contribution < 1.29 is 4.74 Å². The van der Waals surface area contributed by atoms with Gasteiger partial charge < -0.3 is 10.1 Å². The Hall–Kier alpha value is -1.96. The highest BCUT2D eigenvalue weighted by molar-refractivity contribution is 5.48. The van der Waals surface area contributed by atoms with Crippen molar-refractivity contribution in [3.63, 3.8) is 0 Å². The summed E-state index contributed by atoms with van der Waals surface area (Å²) in [6, 6.07) is 18.7. The number of hydrogen-bond donors (Lipinski definition) is 1. The molecule has 1 saturated carbocycles. The molecule has 0 radical (unpaired) electrons. The van der Waals surface area contributed by atoms with Crippen molar-refractivity contribution >= 4 is 5.69 Å². The summed E-state index contributed by atoms with van der Waals surface area (Å²) in [6.07, 6.45) is 3.94. The molecule has 2 aromatic rings. The zero-order valence-corrected chi connectivity index (χ0v) is 10.3. The molecule has 1 aliphatic rings. The Morgan fingerprint density at radius 2 is 1.50 bits per heavy atom. The van der Waals surface area contributed by atoms with Crippen molar-refractivity contribution in [2.24, 2.45) is 0 Å². The van der Waals surface area contributed by atoms with Crippen molar-refractivity contribution in [1.82, 2.24) is 0 Å². The van der Waals surface area contributed by atoms with Crippen LogP contribution in [0.3, 0.4) is 0 Å². The fraction of sp³-hybridized carbons (Fsp3) is 0.250. The van der Waals surface area contributed by atoms with Gasteiger partial charge in [0.05, 0.1) is 0 Å². The van der Waals surface area contributed by atoms with Gasteiger partial charge in [-0.25, -0.2) is 0 Å². The average molecular weight is 239 g/mol. The quantitative estimate of drug-likeness (QED) is 0.851. The van der Waals surface area contributed by atoms with Crippen LogP contribution in [-0.2, 0) is 0 Å². The van der Waals surface area contributed by atoms with Crippen LogP contribution in [0.2, 0.25) is 0 Å². The van der Waals surface area contributed by atoms with E-state index in [4.69, 9.17) is 4.74 Å². The average Bonchev–Trinajstić information content (AvgIpc) is 2.37. The molecule has 92 valence electrons. The van der Waals surface area contributed by atoms with Crippen LogP contribution < -0.4 is 10.1 Å². The largest absolute Gasteiger partial charge is 0.457 e. The van der Waals surface area contributed by atoms with Gasteiger partial charge in [-0.05, 0) is 55.7 Å². The second kappa shape index (κ2) is 5.13. The lowest BCUT2D eigenvalue weighted by Gasteiger charge is -2.27. The van der Waals surface area contributed by atoms with Crippen LogP contribution in [0.1, 0.15) is 19.3 Å². The maximum atomic E-state index is 5.75. The lowest BCUT2D eigenvalue weighted by molar-refractivity contribution is 0.445. The summed E-state index contributed by atoms with van der Waals surface area (Å²) in [5.41, 5.74) is 1.18. The first-order valence-corrected chi connectivity index (χ1v) is 6.50. The third-order valence-corrected chi connectivity index (χ3v) is 3.31. The molecule has 0 bridgehead atoms. The Labute approximate surface area is 108 Å². The van der Waals surface area contributed by atoms with Gasteiger partial charge in [-0.15, -0.1) is 0 Å². The molecule has 2 aromatic carbocycles. The highest BCUT2D eigenvalue weighted by atomic mass is 16.5. The van der Waals surface area contributed by atoms with Crippen LogP contribution in [0.4, 0.5) is 5.69 Å². The van der Waals surface area contributed by atoms with Crippen molar-refractivity contribution in [2.45, 2.75) is 25.3 Å². The Bertz CT molecular complexity index is 488. The number of nitrogens with one attached hydrogen (secondary N) is 1. The summed E-state index contributed by atoms with van der Waals surface area (Å²) in [5.74, 6) is 1.75. The first-order valence-electron chi connectivity index (χ1n) is 6.50. The number of ether oxygens (including phenoxy) is 1. The van der Waals surface area contributed by atoms with Crippen molar-refractivity contribution in [2.75, 3.05) is 5.32 Å². The smallest absolute Gasteiger partial charge is 0.127 e. The Kier molecular flexibility index (Phi) is 3.18. The number of hydrogen-bond acceptors (Lipinski definition) is 2. The van der Waals surface area contributed by atoms with E-state index in [0.717, 1.165) is 11.5 Å². The minimum Gasteiger partial charge on any atom is -0.457 e. The molecule has 1 aliphatic carbocycles. The van der Waals surface area contributed by atoms with E-state index in [0.29, 0.717) is 6.04 Å². The van der Waals surface area contributed by atoms with Gasteiger partial charge in [-0.3, -0.25) is 0 Å². The number of rotatable bonds is 4. The van der Waals surface area contributed by atoms with Crippen LogP contribution in [0.25, 0.3) is 0 Å². The lowest BCUT2D eigenvalue weighted by Crippen LogP contribution is -2.26. The zero-order chi connectivity index (χ0) is 12.2. The monoisotopic (exact) mass is 239 g/mol. The van der Waals surface area contributed by atoms with Gasteiger partial charge in [0.1, 0.15) is 11.5 Å². The van der Waals surface area contributed by atoms with Crippen LogP contribution >= 0.6 is 0 Å². The summed E-state index contributed by atoms with van der Waals surface area (Å²) in [7, 11) is 0. The summed E-state index contributed by atoms with van der Waals surface area (Å²) in [5, 5.41) is 3.51. The predicted molar refractivity (Wildman–Crippen MR) is 74.2 cm³/mol. The van der Waals surface area contributed by atoms with Crippen LogP contribution in [-0.4, -0.2) is 6.04 Å². The van der Waals surface area contributed by atoms with Crippen LogP contribution in [0.5, 0.6) is 11.5 Å². The third-order valence-electron chi connectivity index (χ3n) is 3.31. The summed E-state index contributed by atoms with van der Waals surface area (Å²) < 4.78 is 5.75. The molecule has 0 amide bonds. The van der Waals surface area contributed by atoms with Gasteiger partial charge in [0, 0.05) is 11.7 Å².